The first kappa shape index (κ1) is 17.0. The van der Waals surface area contributed by atoms with E-state index >= 15 is 0 Å². The third-order valence-corrected chi connectivity index (χ3v) is 7.15. The fraction of sp³-hybridized carbons (Fsp3) is 0.500. The predicted octanol–water partition coefficient (Wildman–Crippen LogP) is 3.46. The van der Waals surface area contributed by atoms with E-state index in [2.05, 4.69) is 21.2 Å². The summed E-state index contributed by atoms with van der Waals surface area (Å²) in [6, 6.07) is 4.24. The fourth-order valence-electron chi connectivity index (χ4n) is 4.75. The second-order valence-electron chi connectivity index (χ2n) is 7.23. The number of carbonyl (C=O) groups is 3. The van der Waals surface area contributed by atoms with Gasteiger partial charge in [0.25, 0.3) is 0 Å². The summed E-state index contributed by atoms with van der Waals surface area (Å²) in [4.78, 5) is 39.3. The third kappa shape index (κ3) is 2.61. The largest absolute Gasteiger partial charge is 0.324 e. The zero-order valence-electron chi connectivity index (χ0n) is 13.7. The van der Waals surface area contributed by atoms with Gasteiger partial charge in [-0.3, -0.25) is 19.3 Å². The van der Waals surface area contributed by atoms with Gasteiger partial charge >= 0.3 is 0 Å². The molecule has 25 heavy (non-hydrogen) atoms. The number of anilines is 1. The minimum absolute atomic E-state index is 0.168. The Bertz CT molecular complexity index is 756. The van der Waals surface area contributed by atoms with Crippen LogP contribution in [0.5, 0.6) is 0 Å². The van der Waals surface area contributed by atoms with Crippen LogP contribution in [0.1, 0.15) is 26.2 Å². The topological polar surface area (TPSA) is 66.5 Å². The smallest absolute Gasteiger partial charge is 0.247 e. The molecule has 5 nitrogen and oxygen atoms in total. The molecule has 132 valence electrons. The Morgan fingerprint density at radius 2 is 1.84 bits per heavy atom. The van der Waals surface area contributed by atoms with E-state index in [1.54, 1.807) is 25.1 Å². The van der Waals surface area contributed by atoms with Gasteiger partial charge in [-0.15, -0.1) is 0 Å². The van der Waals surface area contributed by atoms with Crippen LogP contribution in [0.15, 0.2) is 22.7 Å². The van der Waals surface area contributed by atoms with E-state index in [0.717, 1.165) is 23.7 Å². The van der Waals surface area contributed by atoms with Gasteiger partial charge in [-0.05, 0) is 72.2 Å². The summed E-state index contributed by atoms with van der Waals surface area (Å²) in [5.41, 5.74) is 0.532. The van der Waals surface area contributed by atoms with Crippen LogP contribution in [0.25, 0.3) is 0 Å². The summed E-state index contributed by atoms with van der Waals surface area (Å²) in [5, 5.41) is 3.22. The predicted molar refractivity (Wildman–Crippen MR) is 96.9 cm³/mol. The summed E-state index contributed by atoms with van der Waals surface area (Å²) in [5.74, 6) is -0.494. The number of carbonyl (C=O) groups excluding carboxylic acids is 3. The number of amides is 3. The van der Waals surface area contributed by atoms with Crippen molar-refractivity contribution in [3.05, 3.63) is 27.7 Å². The number of hydrogen-bond acceptors (Lipinski definition) is 3. The van der Waals surface area contributed by atoms with Gasteiger partial charge < -0.3 is 5.32 Å². The number of imide groups is 1. The molecule has 3 fully saturated rings. The van der Waals surface area contributed by atoms with Crippen LogP contribution in [0.3, 0.4) is 0 Å². The minimum atomic E-state index is -0.826. The molecule has 2 aliphatic carbocycles. The van der Waals surface area contributed by atoms with E-state index in [9.17, 15) is 14.4 Å². The summed E-state index contributed by atoms with van der Waals surface area (Å²) in [6.45, 7) is 1.61. The lowest BCUT2D eigenvalue weighted by Crippen LogP contribution is -2.46. The van der Waals surface area contributed by atoms with Gasteiger partial charge in [0.2, 0.25) is 17.7 Å². The van der Waals surface area contributed by atoms with Gasteiger partial charge in [0, 0.05) is 10.2 Å². The Labute approximate surface area is 159 Å². The zero-order chi connectivity index (χ0) is 17.9. The number of benzene rings is 1. The van der Waals surface area contributed by atoms with E-state index in [0.29, 0.717) is 22.5 Å². The average molecular weight is 426 g/mol. The summed E-state index contributed by atoms with van der Waals surface area (Å²) < 4.78 is 0.730. The molecule has 2 bridgehead atoms. The first-order valence-electron chi connectivity index (χ1n) is 8.51. The second-order valence-corrected chi connectivity index (χ2v) is 8.49. The highest BCUT2D eigenvalue weighted by atomic mass is 79.9. The Kier molecular flexibility index (Phi) is 4.15. The SMILES string of the molecule is C[C@@H](C(=O)Nc1ccc(Br)c(Cl)c1)N1C(=O)[C@@H]2[C@@H]3CC[C@@H](C3)[C@@H]2C1=O. The van der Waals surface area contributed by atoms with Crippen LogP contribution in [0, 0.1) is 23.7 Å². The van der Waals surface area contributed by atoms with Crippen LogP contribution in [-0.2, 0) is 14.4 Å². The van der Waals surface area contributed by atoms with Gasteiger partial charge in [0.15, 0.2) is 0 Å². The summed E-state index contributed by atoms with van der Waals surface area (Å²) >= 11 is 9.33. The maximum Gasteiger partial charge on any atom is 0.247 e. The molecule has 0 unspecified atom stereocenters. The van der Waals surface area contributed by atoms with Crippen molar-refractivity contribution < 1.29 is 14.4 Å². The second kappa shape index (κ2) is 6.09. The molecule has 0 spiro atoms. The van der Waals surface area contributed by atoms with E-state index < -0.39 is 6.04 Å². The molecule has 1 aromatic rings. The van der Waals surface area contributed by atoms with Crippen molar-refractivity contribution in [2.75, 3.05) is 5.32 Å². The highest BCUT2D eigenvalue weighted by Gasteiger charge is 2.62. The van der Waals surface area contributed by atoms with E-state index in [1.165, 1.54) is 4.90 Å². The molecule has 0 radical (unpaired) electrons. The molecule has 7 heteroatoms. The lowest BCUT2D eigenvalue weighted by Gasteiger charge is -2.23. The monoisotopic (exact) mass is 424 g/mol. The van der Waals surface area contributed by atoms with Gasteiger partial charge in [-0.1, -0.05) is 11.6 Å². The average Bonchev–Trinajstić information content (AvgIpc) is 3.24. The third-order valence-electron chi connectivity index (χ3n) is 5.92. The number of rotatable bonds is 3. The maximum atomic E-state index is 12.8. The van der Waals surface area contributed by atoms with Crippen LogP contribution in [0.2, 0.25) is 5.02 Å². The molecule has 2 saturated carbocycles. The number of nitrogens with one attached hydrogen (secondary N) is 1. The van der Waals surface area contributed by atoms with E-state index in [4.69, 9.17) is 11.6 Å². The Hall–Kier alpha value is -1.40. The number of hydrogen-bond donors (Lipinski definition) is 1. The molecular formula is C18H18BrClN2O3. The van der Waals surface area contributed by atoms with Gasteiger partial charge in [-0.25, -0.2) is 0 Å². The normalized spacial score (nSPS) is 31.4. The van der Waals surface area contributed by atoms with E-state index in [-0.39, 0.29) is 29.6 Å². The first-order chi connectivity index (χ1) is 11.9. The zero-order valence-corrected chi connectivity index (χ0v) is 16.0. The van der Waals surface area contributed by atoms with Gasteiger partial charge in [0.1, 0.15) is 6.04 Å². The van der Waals surface area contributed by atoms with Crippen molar-refractivity contribution >= 4 is 50.9 Å². The summed E-state index contributed by atoms with van der Waals surface area (Å²) in [7, 11) is 0. The molecule has 3 aliphatic rings. The number of likely N-dealkylation sites (tertiary alicyclic amines) is 1. The quantitative estimate of drug-likeness (QED) is 0.754. The van der Waals surface area contributed by atoms with Gasteiger partial charge in [0.05, 0.1) is 16.9 Å². The fourth-order valence-corrected chi connectivity index (χ4v) is 5.18. The van der Waals surface area contributed by atoms with Crippen molar-refractivity contribution in [3.8, 4) is 0 Å². The van der Waals surface area contributed by atoms with Crippen LogP contribution in [-0.4, -0.2) is 28.7 Å². The van der Waals surface area contributed by atoms with E-state index in [1.807, 2.05) is 0 Å². The van der Waals surface area contributed by atoms with Crippen molar-refractivity contribution in [2.45, 2.75) is 32.2 Å². The molecular weight excluding hydrogens is 408 g/mol. The highest BCUT2D eigenvalue weighted by Crippen LogP contribution is 2.56. The number of nitrogens with zero attached hydrogens (tertiary/aromatic N) is 1. The molecule has 4 rings (SSSR count). The van der Waals surface area contributed by atoms with Gasteiger partial charge in [-0.2, -0.15) is 0 Å². The minimum Gasteiger partial charge on any atom is -0.324 e. The Balaban J connectivity index is 1.51. The van der Waals surface area contributed by atoms with Crippen molar-refractivity contribution in [2.24, 2.45) is 23.7 Å². The molecule has 0 aromatic heterocycles. The van der Waals surface area contributed by atoms with Crippen molar-refractivity contribution in [3.63, 3.8) is 0 Å². The molecule has 1 aromatic carbocycles. The van der Waals surface area contributed by atoms with Crippen LogP contribution >= 0.6 is 27.5 Å². The highest BCUT2D eigenvalue weighted by molar-refractivity contribution is 9.10. The number of halogens is 2. The molecule has 3 amide bonds. The molecule has 1 saturated heterocycles. The van der Waals surface area contributed by atoms with Crippen molar-refractivity contribution in [1.29, 1.82) is 0 Å². The lowest BCUT2D eigenvalue weighted by molar-refractivity contribution is -0.146. The Morgan fingerprint density at radius 1 is 1.24 bits per heavy atom. The molecule has 5 atom stereocenters. The van der Waals surface area contributed by atoms with Crippen molar-refractivity contribution in [1.82, 2.24) is 4.90 Å². The summed E-state index contributed by atoms with van der Waals surface area (Å²) in [6.07, 6.45) is 3.03. The molecule has 1 heterocycles. The Morgan fingerprint density at radius 3 is 2.40 bits per heavy atom. The standard InChI is InChI=1S/C18H18BrClN2O3/c1-8(16(23)21-11-4-5-12(19)13(20)7-11)22-17(24)14-9-2-3-10(6-9)15(14)18(22)25/h4-5,7-10,14-15H,2-3,6H2,1H3,(H,21,23)/t8-,9-,10+,14-,15+/m0/s1. The van der Waals surface area contributed by atoms with Crippen LogP contribution in [0.4, 0.5) is 5.69 Å². The number of fused-ring (bicyclic) bond motifs is 5. The van der Waals surface area contributed by atoms with Crippen LogP contribution < -0.4 is 5.32 Å². The molecule has 1 N–H and O–H groups in total. The first-order valence-corrected chi connectivity index (χ1v) is 9.68. The lowest BCUT2D eigenvalue weighted by atomic mass is 9.81. The maximum absolute atomic E-state index is 12.8. The molecule has 1 aliphatic heterocycles.